The van der Waals surface area contributed by atoms with E-state index in [-0.39, 0.29) is 5.82 Å². The molecule has 0 spiro atoms. The summed E-state index contributed by atoms with van der Waals surface area (Å²) in [5, 5.41) is 3.00. The Kier molecular flexibility index (Phi) is 3.32. The average Bonchev–Trinajstić information content (AvgIpc) is 2.34. The van der Waals surface area contributed by atoms with E-state index in [0.29, 0.717) is 17.1 Å². The van der Waals surface area contributed by atoms with Crippen LogP contribution in [-0.4, -0.2) is 16.5 Å². The summed E-state index contributed by atoms with van der Waals surface area (Å²) in [5.41, 5.74) is 2.23. The largest absolute Gasteiger partial charge is 0.355 e. The number of benzene rings is 1. The first-order chi connectivity index (χ1) is 8.20. The van der Waals surface area contributed by atoms with Crippen LogP contribution in [0.1, 0.15) is 12.5 Å². The van der Waals surface area contributed by atoms with E-state index in [1.165, 1.54) is 6.07 Å². The first kappa shape index (κ1) is 11.5. The Labute approximate surface area is 99.7 Å². The molecular weight excluding hydrogens is 217 g/mol. The Hall–Kier alpha value is -1.97. The third kappa shape index (κ3) is 2.58. The maximum absolute atomic E-state index is 13.6. The summed E-state index contributed by atoms with van der Waals surface area (Å²) in [6, 6.07) is 5.00. The second kappa shape index (κ2) is 4.91. The molecule has 88 valence electrons. The van der Waals surface area contributed by atoms with Crippen LogP contribution in [0.15, 0.2) is 30.6 Å². The van der Waals surface area contributed by atoms with E-state index in [1.807, 2.05) is 13.8 Å². The molecule has 0 saturated heterocycles. The van der Waals surface area contributed by atoms with Crippen LogP contribution in [-0.2, 0) is 0 Å². The molecule has 2 rings (SSSR count). The highest BCUT2D eigenvalue weighted by atomic mass is 19.1. The van der Waals surface area contributed by atoms with Crippen LogP contribution in [0, 0.1) is 12.7 Å². The molecule has 1 aromatic heterocycles. The lowest BCUT2D eigenvalue weighted by Gasteiger charge is -2.05. The van der Waals surface area contributed by atoms with Gasteiger partial charge in [-0.25, -0.2) is 14.4 Å². The molecule has 0 aliphatic heterocycles. The topological polar surface area (TPSA) is 37.8 Å². The lowest BCUT2D eigenvalue weighted by molar-refractivity contribution is 0.630. The van der Waals surface area contributed by atoms with Crippen molar-refractivity contribution in [2.75, 3.05) is 11.9 Å². The molecule has 0 bridgehead atoms. The summed E-state index contributed by atoms with van der Waals surface area (Å²) >= 11 is 0. The van der Waals surface area contributed by atoms with Crippen molar-refractivity contribution >= 4 is 5.95 Å². The minimum absolute atomic E-state index is 0.254. The van der Waals surface area contributed by atoms with Gasteiger partial charge in [0.1, 0.15) is 5.82 Å². The van der Waals surface area contributed by atoms with Gasteiger partial charge in [-0.2, -0.15) is 0 Å². The molecule has 0 atom stereocenters. The predicted molar refractivity (Wildman–Crippen MR) is 66.3 cm³/mol. The molecule has 0 fully saturated rings. The molecule has 1 N–H and O–H groups in total. The zero-order chi connectivity index (χ0) is 12.3. The highest BCUT2D eigenvalue weighted by Gasteiger charge is 2.06. The van der Waals surface area contributed by atoms with Gasteiger partial charge in [0.05, 0.1) is 0 Å². The van der Waals surface area contributed by atoms with E-state index in [0.717, 1.165) is 12.1 Å². The maximum Gasteiger partial charge on any atom is 0.222 e. The van der Waals surface area contributed by atoms with Crippen LogP contribution in [0.2, 0.25) is 0 Å². The molecule has 1 aromatic carbocycles. The Morgan fingerprint density at radius 1 is 1.24 bits per heavy atom. The Morgan fingerprint density at radius 3 is 2.59 bits per heavy atom. The number of anilines is 1. The third-order valence-electron chi connectivity index (χ3n) is 2.42. The molecular formula is C13H14FN3. The minimum atomic E-state index is -0.254. The Morgan fingerprint density at radius 2 is 1.94 bits per heavy atom. The van der Waals surface area contributed by atoms with Crippen molar-refractivity contribution in [3.05, 3.63) is 42.0 Å². The molecule has 0 amide bonds. The predicted octanol–water partition coefficient (Wildman–Crippen LogP) is 3.02. The van der Waals surface area contributed by atoms with Crippen LogP contribution in [0.4, 0.5) is 10.3 Å². The lowest BCUT2D eigenvalue weighted by Crippen LogP contribution is -2.01. The highest BCUT2D eigenvalue weighted by molar-refractivity contribution is 5.63. The van der Waals surface area contributed by atoms with Crippen LogP contribution in [0.5, 0.6) is 0 Å². The number of rotatable bonds is 3. The fourth-order valence-electron chi connectivity index (χ4n) is 1.58. The van der Waals surface area contributed by atoms with Crippen molar-refractivity contribution in [3.8, 4) is 11.1 Å². The molecule has 2 aromatic rings. The standard InChI is InChI=1S/C13H14FN3/c1-3-15-13-16-7-10(8-17-13)11-6-9(2)4-5-12(11)14/h4-8H,3H2,1-2H3,(H,15,16,17). The van der Waals surface area contributed by atoms with Crippen LogP contribution in [0.25, 0.3) is 11.1 Å². The number of hydrogen-bond donors (Lipinski definition) is 1. The van der Waals surface area contributed by atoms with Gasteiger partial charge in [0.25, 0.3) is 0 Å². The number of halogens is 1. The number of aryl methyl sites for hydroxylation is 1. The van der Waals surface area contributed by atoms with Crippen LogP contribution >= 0.6 is 0 Å². The fraction of sp³-hybridized carbons (Fsp3) is 0.231. The van der Waals surface area contributed by atoms with E-state index in [4.69, 9.17) is 0 Å². The fourth-order valence-corrected chi connectivity index (χ4v) is 1.58. The van der Waals surface area contributed by atoms with Gasteiger partial charge in [0, 0.05) is 30.1 Å². The minimum Gasteiger partial charge on any atom is -0.355 e. The van der Waals surface area contributed by atoms with Crippen molar-refractivity contribution in [2.45, 2.75) is 13.8 Å². The number of nitrogens with zero attached hydrogens (tertiary/aromatic N) is 2. The summed E-state index contributed by atoms with van der Waals surface area (Å²) in [6.07, 6.45) is 3.26. The number of aromatic nitrogens is 2. The summed E-state index contributed by atoms with van der Waals surface area (Å²) in [4.78, 5) is 8.25. The van der Waals surface area contributed by atoms with Crippen molar-refractivity contribution in [2.24, 2.45) is 0 Å². The molecule has 0 aliphatic rings. The summed E-state index contributed by atoms with van der Waals surface area (Å²) < 4.78 is 13.6. The van der Waals surface area contributed by atoms with Crippen molar-refractivity contribution in [3.63, 3.8) is 0 Å². The Bertz CT molecular complexity index is 509. The number of nitrogens with one attached hydrogen (secondary N) is 1. The maximum atomic E-state index is 13.6. The molecule has 4 heteroatoms. The molecule has 0 unspecified atom stereocenters. The Balaban J connectivity index is 2.36. The first-order valence-corrected chi connectivity index (χ1v) is 5.53. The van der Waals surface area contributed by atoms with Gasteiger partial charge >= 0.3 is 0 Å². The van der Waals surface area contributed by atoms with E-state index in [1.54, 1.807) is 24.5 Å². The molecule has 3 nitrogen and oxygen atoms in total. The van der Waals surface area contributed by atoms with Gasteiger partial charge < -0.3 is 5.32 Å². The summed E-state index contributed by atoms with van der Waals surface area (Å²) in [6.45, 7) is 4.66. The SMILES string of the molecule is CCNc1ncc(-c2cc(C)ccc2F)cn1. The quantitative estimate of drug-likeness (QED) is 0.882. The van der Waals surface area contributed by atoms with E-state index in [9.17, 15) is 4.39 Å². The first-order valence-electron chi connectivity index (χ1n) is 5.53. The number of hydrogen-bond acceptors (Lipinski definition) is 3. The summed E-state index contributed by atoms with van der Waals surface area (Å²) in [5.74, 6) is 0.305. The van der Waals surface area contributed by atoms with E-state index in [2.05, 4.69) is 15.3 Å². The van der Waals surface area contributed by atoms with Crippen LogP contribution < -0.4 is 5.32 Å². The average molecular weight is 231 g/mol. The van der Waals surface area contributed by atoms with E-state index < -0.39 is 0 Å². The van der Waals surface area contributed by atoms with Gasteiger partial charge in [0.2, 0.25) is 5.95 Å². The molecule has 1 heterocycles. The van der Waals surface area contributed by atoms with Gasteiger partial charge in [-0.1, -0.05) is 11.6 Å². The smallest absolute Gasteiger partial charge is 0.222 e. The zero-order valence-corrected chi connectivity index (χ0v) is 9.87. The van der Waals surface area contributed by atoms with Gasteiger partial charge in [0.15, 0.2) is 0 Å². The van der Waals surface area contributed by atoms with Gasteiger partial charge in [-0.3, -0.25) is 0 Å². The summed E-state index contributed by atoms with van der Waals surface area (Å²) in [7, 11) is 0. The molecule has 17 heavy (non-hydrogen) atoms. The van der Waals surface area contributed by atoms with E-state index >= 15 is 0 Å². The van der Waals surface area contributed by atoms with Gasteiger partial charge in [-0.15, -0.1) is 0 Å². The van der Waals surface area contributed by atoms with Crippen molar-refractivity contribution in [1.29, 1.82) is 0 Å². The monoisotopic (exact) mass is 231 g/mol. The molecule has 0 radical (unpaired) electrons. The zero-order valence-electron chi connectivity index (χ0n) is 9.87. The second-order valence-electron chi connectivity index (χ2n) is 3.81. The molecule has 0 aliphatic carbocycles. The van der Waals surface area contributed by atoms with Gasteiger partial charge in [-0.05, 0) is 26.0 Å². The third-order valence-corrected chi connectivity index (χ3v) is 2.42. The van der Waals surface area contributed by atoms with Crippen LogP contribution in [0.3, 0.4) is 0 Å². The lowest BCUT2D eigenvalue weighted by atomic mass is 10.1. The van der Waals surface area contributed by atoms with Crippen molar-refractivity contribution < 1.29 is 4.39 Å². The normalized spacial score (nSPS) is 10.3. The van der Waals surface area contributed by atoms with Crippen molar-refractivity contribution in [1.82, 2.24) is 9.97 Å². The second-order valence-corrected chi connectivity index (χ2v) is 3.81. The highest BCUT2D eigenvalue weighted by Crippen LogP contribution is 2.22. The molecule has 0 saturated carbocycles.